The van der Waals surface area contributed by atoms with E-state index >= 15 is 0 Å². The van der Waals surface area contributed by atoms with Crippen molar-refractivity contribution in [3.63, 3.8) is 0 Å². The second-order valence-corrected chi connectivity index (χ2v) is 5.51. The molecule has 5 heteroatoms. The van der Waals surface area contributed by atoms with Crippen LogP contribution in [-0.4, -0.2) is 24.1 Å². The van der Waals surface area contributed by atoms with E-state index < -0.39 is 0 Å². The lowest BCUT2D eigenvalue weighted by molar-refractivity contribution is -0.143. The van der Waals surface area contributed by atoms with Gasteiger partial charge in [-0.05, 0) is 40.2 Å². The number of aryl methyl sites for hydroxylation is 1. The Hall–Kier alpha value is -0.940. The quantitative estimate of drug-likeness (QED) is 0.559. The van der Waals surface area contributed by atoms with Crippen molar-refractivity contribution in [2.45, 2.75) is 52.5 Å². The molecule has 0 amide bonds. The molecule has 0 fully saturated rings. The summed E-state index contributed by atoms with van der Waals surface area (Å²) in [5.41, 5.74) is 1.09. The van der Waals surface area contributed by atoms with Crippen molar-refractivity contribution < 1.29 is 9.53 Å². The highest BCUT2D eigenvalue weighted by molar-refractivity contribution is 7.09. The number of hydrogen-bond acceptors (Lipinski definition) is 5. The standard InChI is InChI=1S/C14H24N2O2S/c1-4-18-13(17)8-6-5-7-9-15-12(3)14-16-11(2)10-19-14/h10,12,15H,4-9H2,1-3H3. The molecule has 1 unspecified atom stereocenters. The zero-order valence-corrected chi connectivity index (χ0v) is 12.9. The fraction of sp³-hybridized carbons (Fsp3) is 0.714. The molecule has 1 rings (SSSR count). The lowest BCUT2D eigenvalue weighted by Crippen LogP contribution is -2.19. The van der Waals surface area contributed by atoms with Crippen LogP contribution in [0.1, 0.15) is 56.3 Å². The van der Waals surface area contributed by atoms with Crippen LogP contribution in [0.15, 0.2) is 5.38 Å². The van der Waals surface area contributed by atoms with Crippen molar-refractivity contribution in [3.05, 3.63) is 16.1 Å². The molecule has 0 radical (unpaired) electrons. The minimum absolute atomic E-state index is 0.0814. The van der Waals surface area contributed by atoms with Gasteiger partial charge in [0, 0.05) is 17.5 Å². The number of nitrogens with one attached hydrogen (secondary N) is 1. The first-order valence-electron chi connectivity index (χ1n) is 6.94. The fourth-order valence-electron chi connectivity index (χ4n) is 1.78. The van der Waals surface area contributed by atoms with E-state index in [1.165, 1.54) is 0 Å². The third-order valence-corrected chi connectivity index (χ3v) is 3.97. The Morgan fingerprint density at radius 1 is 1.47 bits per heavy atom. The largest absolute Gasteiger partial charge is 0.466 e. The van der Waals surface area contributed by atoms with Crippen molar-refractivity contribution in [2.24, 2.45) is 0 Å². The van der Waals surface area contributed by atoms with E-state index in [0.29, 0.717) is 19.1 Å². The number of carbonyl (C=O) groups excluding carboxylic acids is 1. The molecule has 1 atom stereocenters. The predicted octanol–water partition coefficient (Wildman–Crippen LogP) is 3.23. The first-order valence-corrected chi connectivity index (χ1v) is 7.82. The lowest BCUT2D eigenvalue weighted by Gasteiger charge is -2.10. The van der Waals surface area contributed by atoms with Crippen molar-refractivity contribution >= 4 is 17.3 Å². The van der Waals surface area contributed by atoms with Crippen LogP contribution in [0.2, 0.25) is 0 Å². The van der Waals surface area contributed by atoms with E-state index in [1.54, 1.807) is 11.3 Å². The Labute approximate surface area is 119 Å². The summed E-state index contributed by atoms with van der Waals surface area (Å²) in [6.45, 7) is 7.43. The maximum atomic E-state index is 11.1. The van der Waals surface area contributed by atoms with E-state index in [-0.39, 0.29) is 5.97 Å². The van der Waals surface area contributed by atoms with Gasteiger partial charge in [0.2, 0.25) is 0 Å². The van der Waals surface area contributed by atoms with Gasteiger partial charge in [0.15, 0.2) is 0 Å². The molecule has 0 aliphatic rings. The average molecular weight is 284 g/mol. The van der Waals surface area contributed by atoms with Crippen molar-refractivity contribution in [2.75, 3.05) is 13.2 Å². The molecule has 0 saturated heterocycles. The van der Waals surface area contributed by atoms with Gasteiger partial charge in [-0.1, -0.05) is 6.42 Å². The molecule has 1 aromatic heterocycles. The maximum absolute atomic E-state index is 11.1. The van der Waals surface area contributed by atoms with E-state index in [4.69, 9.17) is 4.74 Å². The van der Waals surface area contributed by atoms with Gasteiger partial charge in [0.05, 0.1) is 12.6 Å². The second kappa shape index (κ2) is 9.04. The summed E-state index contributed by atoms with van der Waals surface area (Å²) in [5, 5.41) is 6.68. The summed E-state index contributed by atoms with van der Waals surface area (Å²) >= 11 is 1.70. The van der Waals surface area contributed by atoms with Gasteiger partial charge < -0.3 is 10.1 Å². The zero-order valence-electron chi connectivity index (χ0n) is 12.1. The van der Waals surface area contributed by atoms with Crippen LogP contribution in [0.25, 0.3) is 0 Å². The summed E-state index contributed by atoms with van der Waals surface area (Å²) in [7, 11) is 0. The smallest absolute Gasteiger partial charge is 0.305 e. The highest BCUT2D eigenvalue weighted by Crippen LogP contribution is 2.17. The Morgan fingerprint density at radius 2 is 2.26 bits per heavy atom. The predicted molar refractivity (Wildman–Crippen MR) is 78.4 cm³/mol. The third-order valence-electron chi connectivity index (χ3n) is 2.82. The maximum Gasteiger partial charge on any atom is 0.305 e. The monoisotopic (exact) mass is 284 g/mol. The van der Waals surface area contributed by atoms with Crippen molar-refractivity contribution in [1.29, 1.82) is 0 Å². The van der Waals surface area contributed by atoms with Crippen LogP contribution in [0, 0.1) is 6.92 Å². The van der Waals surface area contributed by atoms with Gasteiger partial charge in [-0.2, -0.15) is 0 Å². The van der Waals surface area contributed by atoms with Gasteiger partial charge >= 0.3 is 5.97 Å². The molecule has 0 aromatic carbocycles. The number of thiazole rings is 1. The summed E-state index contributed by atoms with van der Waals surface area (Å²) in [5.74, 6) is -0.0814. The normalized spacial score (nSPS) is 12.4. The lowest BCUT2D eigenvalue weighted by atomic mass is 10.2. The van der Waals surface area contributed by atoms with Gasteiger partial charge in [0.25, 0.3) is 0 Å². The number of esters is 1. The molecule has 0 aliphatic heterocycles. The second-order valence-electron chi connectivity index (χ2n) is 4.62. The van der Waals surface area contributed by atoms with Crippen molar-refractivity contribution in [3.8, 4) is 0 Å². The molecule has 0 bridgehead atoms. The number of nitrogens with zero attached hydrogens (tertiary/aromatic N) is 1. The highest BCUT2D eigenvalue weighted by Gasteiger charge is 2.08. The number of aromatic nitrogens is 1. The van der Waals surface area contributed by atoms with Crippen LogP contribution in [0.4, 0.5) is 0 Å². The minimum Gasteiger partial charge on any atom is -0.466 e. The summed E-state index contributed by atoms with van der Waals surface area (Å²) in [6, 6.07) is 0.309. The highest BCUT2D eigenvalue weighted by atomic mass is 32.1. The van der Waals surface area contributed by atoms with Gasteiger partial charge in [0.1, 0.15) is 5.01 Å². The topological polar surface area (TPSA) is 51.2 Å². The van der Waals surface area contributed by atoms with Gasteiger partial charge in [-0.25, -0.2) is 4.98 Å². The average Bonchev–Trinajstić information content (AvgIpc) is 2.80. The van der Waals surface area contributed by atoms with Gasteiger partial charge in [-0.15, -0.1) is 11.3 Å². The van der Waals surface area contributed by atoms with Crippen molar-refractivity contribution in [1.82, 2.24) is 10.3 Å². The Kier molecular flexibility index (Phi) is 7.67. The molecule has 1 N–H and O–H groups in total. The van der Waals surface area contributed by atoms with E-state index in [2.05, 4.69) is 22.6 Å². The number of rotatable bonds is 9. The SMILES string of the molecule is CCOC(=O)CCCCCNC(C)c1nc(C)cs1. The summed E-state index contributed by atoms with van der Waals surface area (Å²) in [6.07, 6.45) is 3.57. The Bertz CT molecular complexity index is 379. The van der Waals surface area contributed by atoms with Crippen LogP contribution in [0.5, 0.6) is 0 Å². The molecule has 19 heavy (non-hydrogen) atoms. The number of carbonyl (C=O) groups is 1. The van der Waals surface area contributed by atoms with Crippen LogP contribution in [0.3, 0.4) is 0 Å². The molecule has 108 valence electrons. The Morgan fingerprint density at radius 3 is 2.89 bits per heavy atom. The third kappa shape index (κ3) is 6.68. The summed E-state index contributed by atoms with van der Waals surface area (Å²) in [4.78, 5) is 15.6. The minimum atomic E-state index is -0.0814. The molecular formula is C14H24N2O2S. The zero-order chi connectivity index (χ0) is 14.1. The molecular weight excluding hydrogens is 260 g/mol. The number of unbranched alkanes of at least 4 members (excludes halogenated alkanes) is 2. The molecule has 4 nitrogen and oxygen atoms in total. The molecule has 0 aliphatic carbocycles. The number of ether oxygens (including phenoxy) is 1. The first kappa shape index (κ1) is 16.1. The number of hydrogen-bond donors (Lipinski definition) is 1. The first-order chi connectivity index (χ1) is 9.13. The van der Waals surface area contributed by atoms with Crippen LogP contribution < -0.4 is 5.32 Å². The fourth-order valence-corrected chi connectivity index (χ4v) is 2.61. The molecule has 0 saturated carbocycles. The van der Waals surface area contributed by atoms with E-state index in [1.807, 2.05) is 13.8 Å². The summed E-state index contributed by atoms with van der Waals surface area (Å²) < 4.78 is 4.89. The van der Waals surface area contributed by atoms with Crippen LogP contribution in [-0.2, 0) is 9.53 Å². The molecule has 0 spiro atoms. The molecule has 1 aromatic rings. The van der Waals surface area contributed by atoms with Gasteiger partial charge in [-0.3, -0.25) is 4.79 Å². The van der Waals surface area contributed by atoms with E-state index in [0.717, 1.165) is 36.5 Å². The molecule has 1 heterocycles. The van der Waals surface area contributed by atoms with Crippen LogP contribution >= 0.6 is 11.3 Å². The van der Waals surface area contributed by atoms with E-state index in [9.17, 15) is 4.79 Å². The Balaban J connectivity index is 2.03.